The Morgan fingerprint density at radius 2 is 1.92 bits per heavy atom. The monoisotopic (exact) mass is 180 g/mol. The lowest BCUT2D eigenvalue weighted by atomic mass is 10.0. The van der Waals surface area contributed by atoms with Crippen molar-refractivity contribution in [3.63, 3.8) is 0 Å². The normalized spacial score (nSPS) is 21.0. The average Bonchev–Trinajstić information content (AvgIpc) is 2.69. The number of halogens is 3. The molecule has 1 aliphatic rings. The van der Waals surface area contributed by atoms with Crippen LogP contribution in [0.5, 0.6) is 0 Å². The molecule has 1 rings (SSSR count). The van der Waals surface area contributed by atoms with Crippen LogP contribution in [0.2, 0.25) is 0 Å². The summed E-state index contributed by atoms with van der Waals surface area (Å²) in [4.78, 5) is 0. The van der Waals surface area contributed by atoms with E-state index in [9.17, 15) is 13.2 Å². The van der Waals surface area contributed by atoms with Crippen molar-refractivity contribution in [1.82, 2.24) is 0 Å². The highest BCUT2D eigenvalue weighted by Gasteiger charge is 2.35. The fourth-order valence-corrected chi connectivity index (χ4v) is 1.28. The quantitative estimate of drug-likeness (QED) is 0.617. The van der Waals surface area contributed by atoms with Crippen molar-refractivity contribution in [2.45, 2.75) is 45.2 Å². The van der Waals surface area contributed by atoms with Crippen LogP contribution in [0.4, 0.5) is 13.2 Å². The molecular weight excluding hydrogens is 165 g/mol. The van der Waals surface area contributed by atoms with Gasteiger partial charge in [-0.2, -0.15) is 13.2 Å². The third kappa shape index (κ3) is 3.46. The Morgan fingerprint density at radius 3 is 2.33 bits per heavy atom. The lowest BCUT2D eigenvalue weighted by Crippen LogP contribution is -2.19. The Morgan fingerprint density at radius 1 is 1.33 bits per heavy atom. The van der Waals surface area contributed by atoms with E-state index < -0.39 is 12.1 Å². The van der Waals surface area contributed by atoms with E-state index in [1.807, 2.05) is 0 Å². The Labute approximate surface area is 71.1 Å². The Hall–Kier alpha value is -0.210. The number of rotatable bonds is 4. The molecule has 0 heterocycles. The third-order valence-electron chi connectivity index (χ3n) is 2.51. The van der Waals surface area contributed by atoms with Crippen LogP contribution in [-0.2, 0) is 0 Å². The summed E-state index contributed by atoms with van der Waals surface area (Å²) >= 11 is 0. The molecule has 0 aliphatic heterocycles. The third-order valence-corrected chi connectivity index (χ3v) is 2.51. The molecule has 1 fully saturated rings. The molecule has 1 aliphatic carbocycles. The van der Waals surface area contributed by atoms with Gasteiger partial charge in [0, 0.05) is 0 Å². The zero-order chi connectivity index (χ0) is 9.19. The van der Waals surface area contributed by atoms with Crippen LogP contribution in [0, 0.1) is 11.8 Å². The minimum absolute atomic E-state index is 0.306. The van der Waals surface area contributed by atoms with E-state index in [0.29, 0.717) is 6.42 Å². The topological polar surface area (TPSA) is 0 Å². The summed E-state index contributed by atoms with van der Waals surface area (Å²) in [7, 11) is 0. The summed E-state index contributed by atoms with van der Waals surface area (Å²) in [6.45, 7) is 1.27. The van der Waals surface area contributed by atoms with Crippen molar-refractivity contribution in [3.05, 3.63) is 0 Å². The molecule has 0 spiro atoms. The predicted molar refractivity (Wildman–Crippen MR) is 41.8 cm³/mol. The molecule has 0 bridgehead atoms. The van der Waals surface area contributed by atoms with E-state index in [2.05, 4.69) is 0 Å². The fourth-order valence-electron chi connectivity index (χ4n) is 1.28. The van der Waals surface area contributed by atoms with Crippen LogP contribution in [-0.4, -0.2) is 6.18 Å². The summed E-state index contributed by atoms with van der Waals surface area (Å²) in [5, 5.41) is 0. The van der Waals surface area contributed by atoms with Crippen molar-refractivity contribution < 1.29 is 13.2 Å². The van der Waals surface area contributed by atoms with Crippen LogP contribution >= 0.6 is 0 Å². The van der Waals surface area contributed by atoms with Crippen LogP contribution in [0.25, 0.3) is 0 Å². The molecule has 0 aromatic heterocycles. The summed E-state index contributed by atoms with van der Waals surface area (Å²) in [6, 6.07) is 0. The predicted octanol–water partition coefficient (Wildman–Crippen LogP) is 3.77. The zero-order valence-corrected chi connectivity index (χ0v) is 7.32. The van der Waals surface area contributed by atoms with Crippen molar-refractivity contribution in [2.24, 2.45) is 11.8 Å². The van der Waals surface area contributed by atoms with Gasteiger partial charge >= 0.3 is 6.18 Å². The van der Waals surface area contributed by atoms with Crippen molar-refractivity contribution in [3.8, 4) is 0 Å². The Kier molecular flexibility index (Phi) is 3.02. The van der Waals surface area contributed by atoms with E-state index in [0.717, 1.165) is 18.8 Å². The van der Waals surface area contributed by atoms with Gasteiger partial charge in [-0.25, -0.2) is 0 Å². The standard InChI is InChI=1S/C9H15F3/c1-7(9(10,11)12)3-2-4-8-5-6-8/h7-8H,2-6H2,1H3. The smallest absolute Gasteiger partial charge is 0.171 e. The minimum Gasteiger partial charge on any atom is -0.171 e. The maximum atomic E-state index is 12.0. The molecule has 0 N–H and O–H groups in total. The van der Waals surface area contributed by atoms with Crippen LogP contribution in [0.15, 0.2) is 0 Å². The van der Waals surface area contributed by atoms with E-state index in [1.165, 1.54) is 19.8 Å². The summed E-state index contributed by atoms with van der Waals surface area (Å²) in [6.07, 6.45) is 0.538. The SMILES string of the molecule is CC(CCCC1CC1)C(F)(F)F. The first kappa shape index (κ1) is 9.87. The largest absolute Gasteiger partial charge is 0.391 e. The molecule has 0 aromatic carbocycles. The molecule has 12 heavy (non-hydrogen) atoms. The first-order valence-corrected chi connectivity index (χ1v) is 4.57. The van der Waals surface area contributed by atoms with E-state index >= 15 is 0 Å². The van der Waals surface area contributed by atoms with Crippen molar-refractivity contribution >= 4 is 0 Å². The maximum absolute atomic E-state index is 12.0. The molecular formula is C9H15F3. The fraction of sp³-hybridized carbons (Fsp3) is 1.00. The van der Waals surface area contributed by atoms with Gasteiger partial charge in [-0.1, -0.05) is 32.6 Å². The van der Waals surface area contributed by atoms with Crippen molar-refractivity contribution in [2.75, 3.05) is 0 Å². The van der Waals surface area contributed by atoms with Gasteiger partial charge in [-0.05, 0) is 12.3 Å². The van der Waals surface area contributed by atoms with E-state index in [4.69, 9.17) is 0 Å². The number of hydrogen-bond acceptors (Lipinski definition) is 0. The summed E-state index contributed by atoms with van der Waals surface area (Å²) < 4.78 is 36.0. The molecule has 1 unspecified atom stereocenters. The number of alkyl halides is 3. The second-order valence-corrected chi connectivity index (χ2v) is 3.82. The highest BCUT2D eigenvalue weighted by molar-refractivity contribution is 4.73. The molecule has 1 atom stereocenters. The molecule has 3 heteroatoms. The van der Waals surface area contributed by atoms with E-state index in [-0.39, 0.29) is 0 Å². The second kappa shape index (κ2) is 3.67. The Balaban J connectivity index is 2.04. The van der Waals surface area contributed by atoms with Gasteiger partial charge in [0.25, 0.3) is 0 Å². The van der Waals surface area contributed by atoms with Gasteiger partial charge in [0.05, 0.1) is 5.92 Å². The zero-order valence-electron chi connectivity index (χ0n) is 7.32. The maximum Gasteiger partial charge on any atom is 0.391 e. The highest BCUT2D eigenvalue weighted by atomic mass is 19.4. The number of hydrogen-bond donors (Lipinski definition) is 0. The molecule has 1 saturated carbocycles. The molecule has 0 amide bonds. The van der Waals surface area contributed by atoms with Gasteiger partial charge in [0.15, 0.2) is 0 Å². The van der Waals surface area contributed by atoms with Crippen LogP contribution in [0.3, 0.4) is 0 Å². The van der Waals surface area contributed by atoms with Gasteiger partial charge in [0.1, 0.15) is 0 Å². The highest BCUT2D eigenvalue weighted by Crippen LogP contribution is 2.36. The van der Waals surface area contributed by atoms with Crippen molar-refractivity contribution in [1.29, 1.82) is 0 Å². The van der Waals surface area contributed by atoms with Gasteiger partial charge < -0.3 is 0 Å². The van der Waals surface area contributed by atoms with Crippen LogP contribution < -0.4 is 0 Å². The van der Waals surface area contributed by atoms with Gasteiger partial charge in [-0.15, -0.1) is 0 Å². The average molecular weight is 180 g/mol. The molecule has 72 valence electrons. The molecule has 0 saturated heterocycles. The first-order valence-electron chi connectivity index (χ1n) is 4.57. The van der Waals surface area contributed by atoms with Gasteiger partial charge in [0.2, 0.25) is 0 Å². The second-order valence-electron chi connectivity index (χ2n) is 3.82. The molecule has 0 aromatic rings. The van der Waals surface area contributed by atoms with E-state index in [1.54, 1.807) is 0 Å². The lowest BCUT2D eigenvalue weighted by Gasteiger charge is -2.14. The van der Waals surface area contributed by atoms with Gasteiger partial charge in [-0.3, -0.25) is 0 Å². The summed E-state index contributed by atoms with van der Waals surface area (Å²) in [5.41, 5.74) is 0. The Bertz CT molecular complexity index is 135. The lowest BCUT2D eigenvalue weighted by molar-refractivity contribution is -0.171. The molecule has 0 nitrogen and oxygen atoms in total. The summed E-state index contributed by atoms with van der Waals surface area (Å²) in [5.74, 6) is -0.360. The molecule has 0 radical (unpaired) electrons. The first-order chi connectivity index (χ1) is 5.50. The minimum atomic E-state index is -3.98. The van der Waals surface area contributed by atoms with Crippen LogP contribution in [0.1, 0.15) is 39.0 Å².